The Balaban J connectivity index is -0.00000119. The number of hydrogen-bond acceptors (Lipinski definition) is 2. The molecule has 0 spiro atoms. The molecular weight excluding hydrogens is 539 g/mol. The standard InChI is InChI=1S/C29H33NS.6C2H6/c1-13-12-14(2)23-16(4)18(6)28(30-27(23)15(13)3)26-20(8)24-17(5)19(7)29(31-11)22(10)25(24)21(26)9;6*1-2/h12,30H,8-9H2,1-7,10-11H3;6*1-2H3/b28-26+;;;;;;. The van der Waals surface area contributed by atoms with Gasteiger partial charge in [-0.15, -0.1) is 11.8 Å². The van der Waals surface area contributed by atoms with E-state index in [0.717, 1.165) is 16.8 Å². The van der Waals surface area contributed by atoms with Gasteiger partial charge in [-0.1, -0.05) is 102 Å². The second kappa shape index (κ2) is 22.1. The average molecular weight is 608 g/mol. The lowest BCUT2D eigenvalue weighted by molar-refractivity contribution is 1.16. The molecule has 0 unspecified atom stereocenters. The van der Waals surface area contributed by atoms with E-state index in [4.69, 9.17) is 0 Å². The van der Waals surface area contributed by atoms with Gasteiger partial charge < -0.3 is 5.32 Å². The zero-order valence-corrected chi connectivity index (χ0v) is 33.2. The Morgan fingerprint density at radius 2 is 0.930 bits per heavy atom. The van der Waals surface area contributed by atoms with E-state index in [0.29, 0.717) is 0 Å². The molecule has 1 aliphatic heterocycles. The second-order valence-corrected chi connectivity index (χ2v) is 9.94. The minimum atomic E-state index is 1.09. The number of rotatable bonds is 1. The zero-order chi connectivity index (χ0) is 34.9. The molecule has 1 N–H and O–H groups in total. The molecule has 1 heterocycles. The summed E-state index contributed by atoms with van der Waals surface area (Å²) in [6.45, 7) is 51.0. The van der Waals surface area contributed by atoms with E-state index in [1.807, 2.05) is 94.8 Å². The molecule has 0 aromatic heterocycles. The van der Waals surface area contributed by atoms with Crippen LogP contribution in [0.15, 0.2) is 41.0 Å². The van der Waals surface area contributed by atoms with E-state index in [2.05, 4.69) is 86.2 Å². The molecule has 2 aromatic rings. The molecule has 2 aromatic carbocycles. The number of thioether (sulfide) groups is 1. The first kappa shape index (κ1) is 45.0. The summed E-state index contributed by atoms with van der Waals surface area (Å²) in [5, 5.41) is 3.84. The third kappa shape index (κ3) is 8.81. The summed E-state index contributed by atoms with van der Waals surface area (Å²) in [6.07, 6.45) is 2.16. The number of aryl methyl sites for hydroxylation is 2. The third-order valence-electron chi connectivity index (χ3n) is 7.51. The highest BCUT2D eigenvalue weighted by Gasteiger charge is 2.34. The number of benzene rings is 2. The van der Waals surface area contributed by atoms with E-state index in [-0.39, 0.29) is 0 Å². The van der Waals surface area contributed by atoms with Gasteiger partial charge in [0.05, 0.1) is 5.70 Å². The molecule has 0 bridgehead atoms. The molecule has 0 atom stereocenters. The summed E-state index contributed by atoms with van der Waals surface area (Å²) >= 11 is 1.83. The lowest BCUT2D eigenvalue weighted by Crippen LogP contribution is -2.15. The van der Waals surface area contributed by atoms with Gasteiger partial charge in [-0.3, -0.25) is 0 Å². The maximum Gasteiger partial charge on any atom is 0.0502 e. The molecule has 1 aliphatic carbocycles. The van der Waals surface area contributed by atoms with Crippen molar-refractivity contribution in [1.29, 1.82) is 0 Å². The largest absolute Gasteiger partial charge is 0.354 e. The van der Waals surface area contributed by atoms with Crippen LogP contribution < -0.4 is 5.32 Å². The van der Waals surface area contributed by atoms with E-state index >= 15 is 0 Å². The smallest absolute Gasteiger partial charge is 0.0502 e. The van der Waals surface area contributed by atoms with E-state index in [1.165, 1.54) is 77.4 Å². The number of nitrogens with one attached hydrogen (secondary N) is 1. The first-order chi connectivity index (χ1) is 20.5. The van der Waals surface area contributed by atoms with Gasteiger partial charge in [-0.25, -0.2) is 0 Å². The van der Waals surface area contributed by atoms with Gasteiger partial charge in [0, 0.05) is 21.7 Å². The van der Waals surface area contributed by atoms with Gasteiger partial charge in [0.25, 0.3) is 0 Å². The maximum absolute atomic E-state index is 4.59. The Kier molecular flexibility index (Phi) is 23.1. The minimum absolute atomic E-state index is 1.09. The monoisotopic (exact) mass is 608 g/mol. The predicted molar refractivity (Wildman–Crippen MR) is 208 cm³/mol. The SMILES string of the molecule is C=C1/C(=C2\Nc3c(C)c(C)cc(C)c3C(C)=C2C)C(=C)c2c(C)c(SC)c(C)c(C)c21.CC.CC.CC.CC.CC.CC. The number of allylic oxidation sites excluding steroid dienone is 5. The van der Waals surface area contributed by atoms with Crippen molar-refractivity contribution < 1.29 is 0 Å². The van der Waals surface area contributed by atoms with Crippen molar-refractivity contribution in [1.82, 2.24) is 0 Å². The number of anilines is 1. The van der Waals surface area contributed by atoms with Crippen LogP contribution >= 0.6 is 11.8 Å². The fourth-order valence-electron chi connectivity index (χ4n) is 5.49. The van der Waals surface area contributed by atoms with Gasteiger partial charge in [-0.05, 0) is 128 Å². The maximum atomic E-state index is 4.59. The predicted octanol–water partition coefficient (Wildman–Crippen LogP) is 14.6. The molecular formula is C41H69NS. The third-order valence-corrected chi connectivity index (χ3v) is 8.53. The van der Waals surface area contributed by atoms with Crippen LogP contribution in [-0.4, -0.2) is 6.26 Å². The summed E-state index contributed by atoms with van der Waals surface area (Å²) in [6, 6.07) is 2.30. The second-order valence-electron chi connectivity index (χ2n) is 9.13. The Morgan fingerprint density at radius 1 is 0.512 bits per heavy atom. The first-order valence-electron chi connectivity index (χ1n) is 16.9. The van der Waals surface area contributed by atoms with Crippen LogP contribution in [0.3, 0.4) is 0 Å². The fraction of sp³-hybridized carbons (Fsp3) is 0.512. The molecule has 0 saturated carbocycles. The van der Waals surface area contributed by atoms with Crippen LogP contribution in [0.1, 0.15) is 147 Å². The van der Waals surface area contributed by atoms with E-state index in [1.54, 1.807) is 0 Å². The molecule has 4 rings (SSSR count). The minimum Gasteiger partial charge on any atom is -0.354 e. The number of fused-ring (bicyclic) bond motifs is 2. The molecule has 0 radical (unpaired) electrons. The summed E-state index contributed by atoms with van der Waals surface area (Å²) in [4.78, 5) is 1.36. The van der Waals surface area contributed by atoms with Crippen molar-refractivity contribution in [2.75, 3.05) is 11.6 Å². The van der Waals surface area contributed by atoms with Crippen LogP contribution in [0.25, 0.3) is 16.7 Å². The Hall–Kier alpha value is -2.45. The van der Waals surface area contributed by atoms with Gasteiger partial charge in [0.2, 0.25) is 0 Å². The van der Waals surface area contributed by atoms with Crippen LogP contribution in [0.5, 0.6) is 0 Å². The van der Waals surface area contributed by atoms with E-state index in [9.17, 15) is 0 Å². The quantitative estimate of drug-likeness (QED) is 0.324. The van der Waals surface area contributed by atoms with Gasteiger partial charge in [0.15, 0.2) is 0 Å². The van der Waals surface area contributed by atoms with Crippen molar-refractivity contribution in [3.63, 3.8) is 0 Å². The van der Waals surface area contributed by atoms with Crippen molar-refractivity contribution in [2.45, 2.75) is 143 Å². The van der Waals surface area contributed by atoms with Crippen LogP contribution in [0.4, 0.5) is 5.69 Å². The van der Waals surface area contributed by atoms with Gasteiger partial charge >= 0.3 is 0 Å². The molecule has 0 fully saturated rings. The van der Waals surface area contributed by atoms with Crippen molar-refractivity contribution in [3.05, 3.63) is 86.1 Å². The van der Waals surface area contributed by atoms with Gasteiger partial charge in [0.1, 0.15) is 0 Å². The molecule has 43 heavy (non-hydrogen) atoms. The highest BCUT2D eigenvalue weighted by Crippen LogP contribution is 2.53. The van der Waals surface area contributed by atoms with Crippen LogP contribution in [0, 0.1) is 41.5 Å². The highest BCUT2D eigenvalue weighted by molar-refractivity contribution is 7.98. The molecule has 244 valence electrons. The molecule has 0 amide bonds. The van der Waals surface area contributed by atoms with Crippen molar-refractivity contribution >= 4 is 34.2 Å². The lowest BCUT2D eigenvalue weighted by atomic mass is 9.85. The lowest BCUT2D eigenvalue weighted by Gasteiger charge is -2.29. The normalized spacial score (nSPS) is 13.7. The summed E-state index contributed by atoms with van der Waals surface area (Å²) in [7, 11) is 0. The molecule has 0 saturated heterocycles. The van der Waals surface area contributed by atoms with Gasteiger partial charge in [-0.2, -0.15) is 0 Å². The zero-order valence-electron chi connectivity index (χ0n) is 32.4. The summed E-state index contributed by atoms with van der Waals surface area (Å²) in [5.74, 6) is 0. The van der Waals surface area contributed by atoms with Crippen molar-refractivity contribution in [2.24, 2.45) is 0 Å². The molecule has 2 heteroatoms. The van der Waals surface area contributed by atoms with Crippen molar-refractivity contribution in [3.8, 4) is 0 Å². The highest BCUT2D eigenvalue weighted by atomic mass is 32.2. The molecule has 2 aliphatic rings. The summed E-state index contributed by atoms with van der Waals surface area (Å²) < 4.78 is 0. The average Bonchev–Trinajstić information content (AvgIpc) is 3.32. The molecule has 1 nitrogen and oxygen atoms in total. The first-order valence-corrected chi connectivity index (χ1v) is 18.1. The fourth-order valence-corrected chi connectivity index (χ4v) is 6.36. The summed E-state index contributed by atoms with van der Waals surface area (Å²) in [5.41, 5.74) is 20.2. The van der Waals surface area contributed by atoms with Crippen LogP contribution in [0.2, 0.25) is 0 Å². The number of hydrogen-bond donors (Lipinski definition) is 1. The topological polar surface area (TPSA) is 12.0 Å². The Morgan fingerprint density at radius 3 is 1.35 bits per heavy atom. The van der Waals surface area contributed by atoms with E-state index < -0.39 is 0 Å². The Labute approximate surface area is 274 Å². The van der Waals surface area contributed by atoms with Crippen LogP contribution in [-0.2, 0) is 0 Å². The Bertz CT molecular complexity index is 1280.